The molecule has 4 heterocycles. The van der Waals surface area contributed by atoms with Gasteiger partial charge in [-0.2, -0.15) is 19.6 Å². The summed E-state index contributed by atoms with van der Waals surface area (Å²) in [7, 11) is -7.52. The Morgan fingerprint density at radius 1 is 1.02 bits per heavy atom. The second-order valence-electron chi connectivity index (χ2n) is 13.2. The first-order valence-corrected chi connectivity index (χ1v) is 18.8. The number of ether oxygens (including phenoxy) is 1. The first-order valence-electron chi connectivity index (χ1n) is 15.8. The van der Waals surface area contributed by atoms with Gasteiger partial charge in [0, 0.05) is 42.1 Å². The summed E-state index contributed by atoms with van der Waals surface area (Å²) >= 11 is 0. The third-order valence-electron chi connectivity index (χ3n) is 8.31. The molecule has 0 amide bonds. The molecule has 1 fully saturated rings. The number of nitrogens with zero attached hydrogens (tertiary/aromatic N) is 7. The maximum absolute atomic E-state index is 13.9. The number of esters is 1. The van der Waals surface area contributed by atoms with Crippen LogP contribution in [0.4, 0.5) is 11.6 Å². The average molecular weight is 717 g/mol. The van der Waals surface area contributed by atoms with E-state index < -0.39 is 37.2 Å². The van der Waals surface area contributed by atoms with Crippen molar-refractivity contribution in [3.63, 3.8) is 0 Å². The number of sulfonamides is 1. The van der Waals surface area contributed by atoms with Crippen LogP contribution in [0, 0.1) is 18.3 Å². The molecule has 2 aromatic carbocycles. The molecule has 1 aliphatic rings. The maximum atomic E-state index is 13.9. The maximum Gasteiger partial charge on any atom is 0.338 e. The van der Waals surface area contributed by atoms with Crippen molar-refractivity contribution in [1.29, 1.82) is 5.26 Å². The predicted octanol–water partition coefficient (Wildman–Crippen LogP) is 4.81. The zero-order chi connectivity index (χ0) is 36.1. The lowest BCUT2D eigenvalue weighted by molar-refractivity contribution is 0.00694. The smallest absolute Gasteiger partial charge is 0.338 e. The number of hydrogen-bond donors (Lipinski definition) is 1. The molecular weight excluding hydrogens is 681 g/mol. The molecule has 0 radical (unpaired) electrons. The van der Waals surface area contributed by atoms with Crippen molar-refractivity contribution in [3.05, 3.63) is 84.3 Å². The van der Waals surface area contributed by atoms with Crippen LogP contribution in [0.1, 0.15) is 50.0 Å². The van der Waals surface area contributed by atoms with Crippen molar-refractivity contribution in [2.24, 2.45) is 0 Å². The molecule has 6 rings (SSSR count). The van der Waals surface area contributed by atoms with E-state index in [0.29, 0.717) is 27.9 Å². The lowest BCUT2D eigenvalue weighted by Gasteiger charge is -2.47. The van der Waals surface area contributed by atoms with Gasteiger partial charge < -0.3 is 10.1 Å². The minimum Gasteiger partial charge on any atom is -0.456 e. The molecular formula is C34H36N8O6S2. The van der Waals surface area contributed by atoms with Crippen LogP contribution in [-0.4, -0.2) is 75.3 Å². The fourth-order valence-electron chi connectivity index (χ4n) is 5.62. The van der Waals surface area contributed by atoms with Crippen LogP contribution in [0.5, 0.6) is 0 Å². The monoisotopic (exact) mass is 716 g/mol. The van der Waals surface area contributed by atoms with Crippen molar-refractivity contribution in [3.8, 4) is 17.3 Å². The number of nitrogens with one attached hydrogen (secondary N) is 1. The van der Waals surface area contributed by atoms with E-state index in [1.165, 1.54) is 22.6 Å². The Kier molecular flexibility index (Phi) is 8.79. The number of rotatable bonds is 10. The molecule has 14 nitrogen and oxygen atoms in total. The van der Waals surface area contributed by atoms with Crippen LogP contribution >= 0.6 is 0 Å². The summed E-state index contributed by atoms with van der Waals surface area (Å²) < 4.78 is 62.2. The zero-order valence-corrected chi connectivity index (χ0v) is 29.8. The van der Waals surface area contributed by atoms with Gasteiger partial charge in [-0.05, 0) is 77.1 Å². The molecule has 3 aromatic heterocycles. The van der Waals surface area contributed by atoms with Gasteiger partial charge in [0.05, 0.1) is 40.6 Å². The Morgan fingerprint density at radius 2 is 1.70 bits per heavy atom. The van der Waals surface area contributed by atoms with Crippen LogP contribution in [0.3, 0.4) is 0 Å². The third-order valence-corrected chi connectivity index (χ3v) is 11.8. The van der Waals surface area contributed by atoms with Gasteiger partial charge in [0.1, 0.15) is 11.1 Å². The van der Waals surface area contributed by atoms with Gasteiger partial charge in [0.2, 0.25) is 16.0 Å². The molecule has 1 aliphatic heterocycles. The molecule has 0 saturated carbocycles. The number of nitriles is 1. The van der Waals surface area contributed by atoms with E-state index in [9.17, 15) is 26.9 Å². The highest BCUT2D eigenvalue weighted by atomic mass is 32.2. The van der Waals surface area contributed by atoms with Crippen molar-refractivity contribution in [2.75, 3.05) is 24.2 Å². The number of carbonyl (C=O) groups is 1. The highest BCUT2D eigenvalue weighted by Gasteiger charge is 2.49. The number of aryl methyl sites for hydroxylation is 1. The third kappa shape index (κ3) is 6.59. The summed E-state index contributed by atoms with van der Waals surface area (Å²) in [5.41, 5.74) is 1.21. The molecule has 0 atom stereocenters. The molecule has 0 unspecified atom stereocenters. The van der Waals surface area contributed by atoms with Gasteiger partial charge in [0.25, 0.3) is 10.0 Å². The Labute approximate surface area is 290 Å². The topological polar surface area (TPSA) is 182 Å². The highest BCUT2D eigenvalue weighted by molar-refractivity contribution is 7.90. The molecule has 1 saturated heterocycles. The molecule has 1 N–H and O–H groups in total. The number of benzene rings is 2. The summed E-state index contributed by atoms with van der Waals surface area (Å²) in [6.07, 6.45) is 4.67. The molecule has 50 heavy (non-hydrogen) atoms. The Bertz CT molecular complexity index is 2350. The van der Waals surface area contributed by atoms with E-state index in [1.807, 2.05) is 6.92 Å². The molecule has 5 aromatic rings. The van der Waals surface area contributed by atoms with Gasteiger partial charge in [-0.1, -0.05) is 17.7 Å². The summed E-state index contributed by atoms with van der Waals surface area (Å²) in [6.45, 7) is 8.97. The highest BCUT2D eigenvalue weighted by Crippen LogP contribution is 2.37. The number of carbonyl (C=O) groups excluding carboxylic acids is 1. The summed E-state index contributed by atoms with van der Waals surface area (Å²) in [4.78, 5) is 22.0. The Hall–Kier alpha value is -5.11. The van der Waals surface area contributed by atoms with Gasteiger partial charge >= 0.3 is 5.97 Å². The minimum atomic E-state index is -4.07. The zero-order valence-electron chi connectivity index (χ0n) is 28.2. The van der Waals surface area contributed by atoms with Gasteiger partial charge in [-0.15, -0.1) is 0 Å². The van der Waals surface area contributed by atoms with Crippen LogP contribution in [-0.2, 0) is 30.3 Å². The Morgan fingerprint density at radius 3 is 2.32 bits per heavy atom. The number of fused-ring (bicyclic) bond motifs is 1. The molecule has 0 aliphatic carbocycles. The fraction of sp³-hybridized carbons (Fsp3) is 0.324. The van der Waals surface area contributed by atoms with E-state index >= 15 is 0 Å². The van der Waals surface area contributed by atoms with E-state index in [1.54, 1.807) is 87.2 Å². The Balaban J connectivity index is 1.42. The van der Waals surface area contributed by atoms with Gasteiger partial charge in [0.15, 0.2) is 5.65 Å². The van der Waals surface area contributed by atoms with Crippen LogP contribution < -0.4 is 5.32 Å². The van der Waals surface area contributed by atoms with Crippen molar-refractivity contribution in [2.45, 2.75) is 57.1 Å². The molecule has 0 spiro atoms. The van der Waals surface area contributed by atoms with Crippen molar-refractivity contribution < 1.29 is 26.4 Å². The van der Waals surface area contributed by atoms with E-state index in [2.05, 4.69) is 21.5 Å². The van der Waals surface area contributed by atoms with Gasteiger partial charge in [-0.3, -0.25) is 4.68 Å². The van der Waals surface area contributed by atoms with E-state index in [4.69, 9.17) is 9.72 Å². The average Bonchev–Trinajstić information content (AvgIpc) is 3.71. The van der Waals surface area contributed by atoms with Crippen molar-refractivity contribution >= 4 is 48.7 Å². The predicted molar refractivity (Wildman–Crippen MR) is 187 cm³/mol. The largest absolute Gasteiger partial charge is 0.456 e. The number of aromatic nitrogens is 5. The summed E-state index contributed by atoms with van der Waals surface area (Å²) in [6, 6.07) is 16.8. The number of anilines is 2. The van der Waals surface area contributed by atoms with E-state index in [-0.39, 0.29) is 41.8 Å². The van der Waals surface area contributed by atoms with Crippen LogP contribution in [0.25, 0.3) is 22.3 Å². The summed E-state index contributed by atoms with van der Waals surface area (Å²) in [5, 5.41) is 17.7. The molecule has 16 heteroatoms. The molecule has 0 bridgehead atoms. The normalized spacial score (nSPS) is 15.0. The van der Waals surface area contributed by atoms with Crippen molar-refractivity contribution in [1.82, 2.24) is 28.0 Å². The second-order valence-corrected chi connectivity index (χ2v) is 17.2. The first kappa shape index (κ1) is 34.7. The quantitative estimate of drug-likeness (QED) is 0.196. The van der Waals surface area contributed by atoms with Crippen LogP contribution in [0.15, 0.2) is 78.1 Å². The lowest BCUT2D eigenvalue weighted by Crippen LogP contribution is -2.64. The van der Waals surface area contributed by atoms with Gasteiger partial charge in [-0.25, -0.2) is 30.6 Å². The second kappa shape index (κ2) is 12.7. The molecule has 260 valence electrons. The summed E-state index contributed by atoms with van der Waals surface area (Å²) in [5.74, 6) is -0.461. The SMILES string of the molecule is CCS(=O)(=O)N1CC(CC#N)(n2cc(-c3nc(Nc4ccc(C(=O)OC(C)(C)C)cc4)nc4c3ccn4S(=O)(=O)c3ccc(C)cc3)cn2)C1. The lowest BCUT2D eigenvalue weighted by atomic mass is 9.89. The fourth-order valence-corrected chi connectivity index (χ4v) is 8.15. The minimum absolute atomic E-state index is 0.0281. The van der Waals surface area contributed by atoms with E-state index in [0.717, 1.165) is 9.54 Å². The van der Waals surface area contributed by atoms with Crippen LogP contribution in [0.2, 0.25) is 0 Å². The number of hydrogen-bond acceptors (Lipinski definition) is 11. The standard InChI is InChI=1S/C34H36N8O6S2/c1-6-49(44,45)40-21-34(22-40,16-17-35)42-20-25(19-36-42)29-28-15-18-41(50(46,47)27-13-7-23(2)8-14-27)30(28)39-32(38-29)37-26-11-9-24(10-12-26)31(43)48-33(3,4)5/h7-15,18-20H,6,16,21-22H2,1-5H3,(H,37,38,39). The first-order chi connectivity index (χ1) is 23.5.